The lowest BCUT2D eigenvalue weighted by Gasteiger charge is -2.03. The maximum atomic E-state index is 3.65. The molecule has 0 aromatic carbocycles. The first kappa shape index (κ1) is 14.5. The number of rotatable bonds is 4. The highest BCUT2D eigenvalue weighted by Crippen LogP contribution is 2.10. The van der Waals surface area contributed by atoms with Gasteiger partial charge in [0.1, 0.15) is 0 Å². The van der Waals surface area contributed by atoms with E-state index in [-0.39, 0.29) is 0 Å². The standard InChI is InChI=1S/C11H16.C2H6/c1-5-7-9-11(8-6-2)10(3)4;1-2/h5-10H,1-2H2,3-4H3;1-2H3/b9-7-,11-8+;. The van der Waals surface area contributed by atoms with Gasteiger partial charge >= 0.3 is 0 Å². The number of hydrogen-bond donors (Lipinski definition) is 0. The third-order valence-electron chi connectivity index (χ3n) is 1.40. The molecule has 0 fully saturated rings. The largest absolute Gasteiger partial charge is 0.0991 e. The van der Waals surface area contributed by atoms with Crippen LogP contribution in [-0.2, 0) is 0 Å². The van der Waals surface area contributed by atoms with Gasteiger partial charge in [-0.05, 0) is 11.5 Å². The second-order valence-electron chi connectivity index (χ2n) is 2.65. The average Bonchev–Trinajstić information content (AvgIpc) is 2.15. The smallest absolute Gasteiger partial charge is 0.0219 e. The summed E-state index contributed by atoms with van der Waals surface area (Å²) in [6, 6.07) is 0. The first-order valence-electron chi connectivity index (χ1n) is 4.84. The van der Waals surface area contributed by atoms with E-state index in [9.17, 15) is 0 Å². The monoisotopic (exact) mass is 178 g/mol. The van der Waals surface area contributed by atoms with E-state index in [0.717, 1.165) is 0 Å². The molecule has 0 saturated carbocycles. The molecule has 0 unspecified atom stereocenters. The van der Waals surface area contributed by atoms with Gasteiger partial charge < -0.3 is 0 Å². The Morgan fingerprint density at radius 3 is 1.92 bits per heavy atom. The summed E-state index contributed by atoms with van der Waals surface area (Å²) in [7, 11) is 0. The molecule has 0 heterocycles. The van der Waals surface area contributed by atoms with Crippen LogP contribution in [0.4, 0.5) is 0 Å². The zero-order valence-corrected chi connectivity index (χ0v) is 9.38. The van der Waals surface area contributed by atoms with E-state index in [4.69, 9.17) is 0 Å². The molecule has 0 spiro atoms. The average molecular weight is 178 g/mol. The van der Waals surface area contributed by atoms with Crippen LogP contribution < -0.4 is 0 Å². The first-order valence-corrected chi connectivity index (χ1v) is 4.84. The molecular formula is C13H22. The lowest BCUT2D eigenvalue weighted by Crippen LogP contribution is -1.88. The highest BCUT2D eigenvalue weighted by molar-refractivity contribution is 5.26. The third-order valence-corrected chi connectivity index (χ3v) is 1.40. The van der Waals surface area contributed by atoms with Gasteiger partial charge in [0, 0.05) is 0 Å². The SMILES string of the molecule is C=C/C=C\C(=C/C=C)C(C)C.CC. The Labute approximate surface area is 83.4 Å². The van der Waals surface area contributed by atoms with Crippen molar-refractivity contribution in [3.8, 4) is 0 Å². The Hall–Kier alpha value is -1.04. The van der Waals surface area contributed by atoms with Gasteiger partial charge in [-0.3, -0.25) is 0 Å². The van der Waals surface area contributed by atoms with Crippen LogP contribution in [0.25, 0.3) is 0 Å². The number of allylic oxidation sites excluding steroid dienone is 6. The van der Waals surface area contributed by atoms with Crippen LogP contribution in [0.2, 0.25) is 0 Å². The maximum absolute atomic E-state index is 3.65. The second kappa shape index (κ2) is 11.0. The Balaban J connectivity index is 0. The van der Waals surface area contributed by atoms with Gasteiger partial charge in [-0.15, -0.1) is 0 Å². The molecule has 0 radical (unpaired) electrons. The zero-order valence-electron chi connectivity index (χ0n) is 9.38. The van der Waals surface area contributed by atoms with E-state index in [1.54, 1.807) is 6.08 Å². The molecule has 0 amide bonds. The molecule has 74 valence electrons. The number of hydrogen-bond acceptors (Lipinski definition) is 0. The highest BCUT2D eigenvalue weighted by atomic mass is 14.0. The van der Waals surface area contributed by atoms with E-state index in [2.05, 4.69) is 33.1 Å². The quantitative estimate of drug-likeness (QED) is 0.555. The van der Waals surface area contributed by atoms with E-state index < -0.39 is 0 Å². The van der Waals surface area contributed by atoms with Crippen LogP contribution in [0.5, 0.6) is 0 Å². The van der Waals surface area contributed by atoms with Gasteiger partial charge in [-0.2, -0.15) is 0 Å². The Morgan fingerprint density at radius 2 is 1.62 bits per heavy atom. The van der Waals surface area contributed by atoms with Gasteiger partial charge in [-0.1, -0.05) is 71.2 Å². The molecule has 0 bridgehead atoms. The zero-order chi connectivity index (χ0) is 10.7. The highest BCUT2D eigenvalue weighted by Gasteiger charge is 1.95. The Bertz CT molecular complexity index is 180. The van der Waals surface area contributed by atoms with Crippen molar-refractivity contribution in [2.45, 2.75) is 27.7 Å². The topological polar surface area (TPSA) is 0 Å². The van der Waals surface area contributed by atoms with Crippen molar-refractivity contribution in [2.75, 3.05) is 0 Å². The molecule has 0 aromatic rings. The lowest BCUT2D eigenvalue weighted by atomic mass is 10.0. The normalized spacial score (nSPS) is 11.0. The van der Waals surface area contributed by atoms with E-state index in [1.807, 2.05) is 32.1 Å². The molecule has 0 heteroatoms. The summed E-state index contributed by atoms with van der Waals surface area (Å²) in [6.45, 7) is 15.6. The molecule has 0 aliphatic heterocycles. The van der Waals surface area contributed by atoms with Gasteiger partial charge in [0.25, 0.3) is 0 Å². The fourth-order valence-corrected chi connectivity index (χ4v) is 0.756. The molecular weight excluding hydrogens is 156 g/mol. The van der Waals surface area contributed by atoms with Crippen molar-refractivity contribution in [1.82, 2.24) is 0 Å². The molecule has 0 nitrogen and oxygen atoms in total. The van der Waals surface area contributed by atoms with Crippen LogP contribution >= 0.6 is 0 Å². The minimum atomic E-state index is 0.546. The van der Waals surface area contributed by atoms with E-state index >= 15 is 0 Å². The molecule has 0 atom stereocenters. The van der Waals surface area contributed by atoms with Crippen molar-refractivity contribution in [2.24, 2.45) is 5.92 Å². The molecule has 0 aromatic heterocycles. The molecule has 0 rings (SSSR count). The third kappa shape index (κ3) is 8.87. The first-order chi connectivity index (χ1) is 6.22. The predicted molar refractivity (Wildman–Crippen MR) is 63.8 cm³/mol. The van der Waals surface area contributed by atoms with Gasteiger partial charge in [0.05, 0.1) is 0 Å². The second-order valence-corrected chi connectivity index (χ2v) is 2.65. The summed E-state index contributed by atoms with van der Waals surface area (Å²) < 4.78 is 0. The fourth-order valence-electron chi connectivity index (χ4n) is 0.756. The van der Waals surface area contributed by atoms with Crippen molar-refractivity contribution in [3.63, 3.8) is 0 Å². The van der Waals surface area contributed by atoms with Gasteiger partial charge in [0.15, 0.2) is 0 Å². The molecule has 0 saturated heterocycles. The summed E-state index contributed by atoms with van der Waals surface area (Å²) in [5.41, 5.74) is 1.28. The van der Waals surface area contributed by atoms with Crippen molar-refractivity contribution in [1.29, 1.82) is 0 Å². The minimum absolute atomic E-state index is 0.546. The summed E-state index contributed by atoms with van der Waals surface area (Å²) in [5, 5.41) is 0. The van der Waals surface area contributed by atoms with Gasteiger partial charge in [-0.25, -0.2) is 0 Å². The van der Waals surface area contributed by atoms with Crippen molar-refractivity contribution >= 4 is 0 Å². The predicted octanol–water partition coefficient (Wildman–Crippen LogP) is 4.52. The van der Waals surface area contributed by atoms with Crippen LogP contribution in [-0.4, -0.2) is 0 Å². The van der Waals surface area contributed by atoms with E-state index in [1.165, 1.54) is 5.57 Å². The Kier molecular flexibility index (Phi) is 12.2. The van der Waals surface area contributed by atoms with E-state index in [0.29, 0.717) is 5.92 Å². The van der Waals surface area contributed by atoms with Crippen LogP contribution in [0.1, 0.15) is 27.7 Å². The minimum Gasteiger partial charge on any atom is -0.0991 e. The fraction of sp³-hybridized carbons (Fsp3) is 0.385. The van der Waals surface area contributed by atoms with Crippen LogP contribution in [0, 0.1) is 5.92 Å². The molecule has 0 N–H and O–H groups in total. The molecule has 0 aliphatic rings. The molecule has 13 heavy (non-hydrogen) atoms. The summed E-state index contributed by atoms with van der Waals surface area (Å²) >= 11 is 0. The van der Waals surface area contributed by atoms with Gasteiger partial charge in [0.2, 0.25) is 0 Å². The van der Waals surface area contributed by atoms with Crippen LogP contribution in [0.15, 0.2) is 49.1 Å². The lowest BCUT2D eigenvalue weighted by molar-refractivity contribution is 0.792. The van der Waals surface area contributed by atoms with Crippen molar-refractivity contribution < 1.29 is 0 Å². The summed E-state index contributed by atoms with van der Waals surface area (Å²) in [6.07, 6.45) is 9.60. The summed E-state index contributed by atoms with van der Waals surface area (Å²) in [4.78, 5) is 0. The van der Waals surface area contributed by atoms with Crippen LogP contribution in [0.3, 0.4) is 0 Å². The molecule has 0 aliphatic carbocycles. The summed E-state index contributed by atoms with van der Waals surface area (Å²) in [5.74, 6) is 0.546. The maximum Gasteiger partial charge on any atom is -0.0219 e. The van der Waals surface area contributed by atoms with Crippen molar-refractivity contribution in [3.05, 3.63) is 49.1 Å². The Morgan fingerprint density at radius 1 is 1.08 bits per heavy atom.